The van der Waals surface area contributed by atoms with Gasteiger partial charge in [0, 0.05) is 23.0 Å². The van der Waals surface area contributed by atoms with E-state index in [-0.39, 0.29) is 22.4 Å². The number of carboxylic acid groups (broad SMARTS) is 1. The lowest BCUT2D eigenvalue weighted by Gasteiger charge is -2.14. The average Bonchev–Trinajstić information content (AvgIpc) is 2.45. The average molecular weight is 312 g/mol. The summed E-state index contributed by atoms with van der Waals surface area (Å²) in [6, 6.07) is 2.15. The predicted octanol–water partition coefficient (Wildman–Crippen LogP) is 3.18. The van der Waals surface area contributed by atoms with Crippen molar-refractivity contribution in [3.63, 3.8) is 0 Å². The summed E-state index contributed by atoms with van der Waals surface area (Å²) in [4.78, 5) is 18.4. The summed E-state index contributed by atoms with van der Waals surface area (Å²) in [6.07, 6.45) is -2.63. The van der Waals surface area contributed by atoms with Crippen LogP contribution in [0.25, 0.3) is 11.1 Å². The van der Waals surface area contributed by atoms with Crippen molar-refractivity contribution in [3.05, 3.63) is 41.5 Å². The van der Waals surface area contributed by atoms with Crippen LogP contribution in [0.15, 0.2) is 24.5 Å². The molecule has 0 aliphatic heterocycles. The molecular weight excluding hydrogens is 301 g/mol. The second-order valence-corrected chi connectivity index (χ2v) is 4.44. The summed E-state index contributed by atoms with van der Waals surface area (Å²) < 4.78 is 43.5. The second-order valence-electron chi connectivity index (χ2n) is 4.44. The highest BCUT2D eigenvalue weighted by molar-refractivity contribution is 5.96. The molecular formula is C14H11F3N2O3. The van der Waals surface area contributed by atoms with Gasteiger partial charge in [0.1, 0.15) is 11.4 Å². The summed E-state index contributed by atoms with van der Waals surface area (Å²) in [5, 5.41) is 9.19. The van der Waals surface area contributed by atoms with Gasteiger partial charge in [-0.25, -0.2) is 9.78 Å². The van der Waals surface area contributed by atoms with Gasteiger partial charge in [-0.15, -0.1) is 0 Å². The Hall–Kier alpha value is -2.64. The number of carbonyl (C=O) groups is 1. The third-order valence-electron chi connectivity index (χ3n) is 2.94. The summed E-state index contributed by atoms with van der Waals surface area (Å²) in [7, 11) is 1.27. The molecule has 2 rings (SSSR count). The van der Waals surface area contributed by atoms with Gasteiger partial charge >= 0.3 is 12.1 Å². The number of methoxy groups -OCH3 is 1. The highest BCUT2D eigenvalue weighted by Gasteiger charge is 2.33. The van der Waals surface area contributed by atoms with E-state index in [0.29, 0.717) is 5.69 Å². The van der Waals surface area contributed by atoms with E-state index in [2.05, 4.69) is 9.97 Å². The maximum atomic E-state index is 12.8. The van der Waals surface area contributed by atoms with E-state index in [1.54, 1.807) is 6.92 Å². The topological polar surface area (TPSA) is 72.3 Å². The lowest BCUT2D eigenvalue weighted by molar-refractivity contribution is -0.141. The molecule has 0 bridgehead atoms. The Morgan fingerprint density at radius 1 is 1.18 bits per heavy atom. The van der Waals surface area contributed by atoms with E-state index in [4.69, 9.17) is 4.74 Å². The molecule has 0 aliphatic rings. The van der Waals surface area contributed by atoms with Gasteiger partial charge in [-0.2, -0.15) is 13.2 Å². The molecule has 0 fully saturated rings. The van der Waals surface area contributed by atoms with E-state index in [9.17, 15) is 23.1 Å². The minimum absolute atomic E-state index is 0.00674. The van der Waals surface area contributed by atoms with Crippen molar-refractivity contribution >= 4 is 5.97 Å². The number of rotatable bonds is 3. The van der Waals surface area contributed by atoms with Gasteiger partial charge in [0.05, 0.1) is 18.9 Å². The fraction of sp³-hybridized carbons (Fsp3) is 0.214. The van der Waals surface area contributed by atoms with E-state index in [1.165, 1.54) is 13.2 Å². The monoisotopic (exact) mass is 312 g/mol. The first-order valence-corrected chi connectivity index (χ1v) is 6.05. The van der Waals surface area contributed by atoms with Crippen LogP contribution in [-0.4, -0.2) is 28.2 Å². The van der Waals surface area contributed by atoms with Crippen LogP contribution in [0, 0.1) is 6.92 Å². The highest BCUT2D eigenvalue weighted by atomic mass is 19.4. The van der Waals surface area contributed by atoms with Crippen LogP contribution in [0.4, 0.5) is 13.2 Å². The fourth-order valence-corrected chi connectivity index (χ4v) is 1.92. The third kappa shape index (κ3) is 3.00. The largest absolute Gasteiger partial charge is 0.494 e. The van der Waals surface area contributed by atoms with Crippen LogP contribution >= 0.6 is 0 Å². The van der Waals surface area contributed by atoms with Gasteiger partial charge in [0.25, 0.3) is 0 Å². The number of nitrogens with zero attached hydrogens (tertiary/aromatic N) is 2. The first kappa shape index (κ1) is 15.7. The van der Waals surface area contributed by atoms with E-state index < -0.39 is 17.8 Å². The number of hydrogen-bond acceptors (Lipinski definition) is 4. The second kappa shape index (κ2) is 5.63. The Kier molecular flexibility index (Phi) is 4.03. The Morgan fingerprint density at radius 3 is 2.41 bits per heavy atom. The van der Waals surface area contributed by atoms with Crippen molar-refractivity contribution < 1.29 is 27.8 Å². The molecule has 0 radical (unpaired) electrons. The van der Waals surface area contributed by atoms with Crippen molar-refractivity contribution in [1.82, 2.24) is 9.97 Å². The molecule has 5 nitrogen and oxygen atoms in total. The fourth-order valence-electron chi connectivity index (χ4n) is 1.92. The number of carboxylic acids is 1. The van der Waals surface area contributed by atoms with Gasteiger partial charge in [-0.3, -0.25) is 4.98 Å². The van der Waals surface area contributed by atoms with Gasteiger partial charge in [0.2, 0.25) is 0 Å². The van der Waals surface area contributed by atoms with Crippen molar-refractivity contribution in [2.45, 2.75) is 13.1 Å². The molecule has 116 valence electrons. The minimum Gasteiger partial charge on any atom is -0.494 e. The lowest BCUT2D eigenvalue weighted by atomic mass is 10.00. The maximum Gasteiger partial charge on any atom is 0.433 e. The molecule has 8 heteroatoms. The summed E-state index contributed by atoms with van der Waals surface area (Å²) in [5.74, 6) is -1.25. The first-order chi connectivity index (χ1) is 10.2. The first-order valence-electron chi connectivity index (χ1n) is 6.05. The Morgan fingerprint density at radius 2 is 1.86 bits per heavy atom. The van der Waals surface area contributed by atoms with Crippen molar-refractivity contribution in [2.75, 3.05) is 7.11 Å². The van der Waals surface area contributed by atoms with Crippen LogP contribution < -0.4 is 4.74 Å². The van der Waals surface area contributed by atoms with Crippen LogP contribution in [0.1, 0.15) is 21.7 Å². The van der Waals surface area contributed by atoms with Crippen molar-refractivity contribution in [3.8, 4) is 16.9 Å². The Bertz CT molecular complexity index is 730. The minimum atomic E-state index is -4.65. The molecule has 0 amide bonds. The third-order valence-corrected chi connectivity index (χ3v) is 2.94. The summed E-state index contributed by atoms with van der Waals surface area (Å²) in [6.45, 7) is 1.60. The van der Waals surface area contributed by atoms with E-state index in [0.717, 1.165) is 18.5 Å². The SMILES string of the molecule is COc1cnc(C(F)(F)F)cc1-c1cc(C)ncc1C(=O)O. The quantitative estimate of drug-likeness (QED) is 0.942. The normalized spacial score (nSPS) is 11.3. The number of aromatic carboxylic acids is 1. The number of pyridine rings is 2. The molecule has 2 aromatic heterocycles. The molecule has 0 saturated carbocycles. The molecule has 0 aliphatic carbocycles. The van der Waals surface area contributed by atoms with Crippen LogP contribution in [0.3, 0.4) is 0 Å². The number of hydrogen-bond donors (Lipinski definition) is 1. The zero-order valence-electron chi connectivity index (χ0n) is 11.6. The molecule has 2 aromatic rings. The van der Waals surface area contributed by atoms with Crippen LogP contribution in [0.2, 0.25) is 0 Å². The van der Waals surface area contributed by atoms with E-state index >= 15 is 0 Å². The van der Waals surface area contributed by atoms with Gasteiger partial charge in [-0.05, 0) is 19.1 Å². The number of ether oxygens (including phenoxy) is 1. The van der Waals surface area contributed by atoms with E-state index in [1.807, 2.05) is 0 Å². The molecule has 0 atom stereocenters. The van der Waals surface area contributed by atoms with Gasteiger partial charge < -0.3 is 9.84 Å². The predicted molar refractivity (Wildman–Crippen MR) is 70.7 cm³/mol. The molecule has 22 heavy (non-hydrogen) atoms. The molecule has 0 spiro atoms. The Labute approximate surface area is 123 Å². The Balaban J connectivity index is 2.75. The highest BCUT2D eigenvalue weighted by Crippen LogP contribution is 2.37. The molecule has 0 saturated heterocycles. The molecule has 2 heterocycles. The zero-order valence-corrected chi connectivity index (χ0v) is 11.6. The number of aromatic nitrogens is 2. The molecule has 0 unspecified atom stereocenters. The smallest absolute Gasteiger partial charge is 0.433 e. The van der Waals surface area contributed by atoms with Gasteiger partial charge in [0.15, 0.2) is 0 Å². The van der Waals surface area contributed by atoms with Crippen molar-refractivity contribution in [2.24, 2.45) is 0 Å². The van der Waals surface area contributed by atoms with Crippen molar-refractivity contribution in [1.29, 1.82) is 0 Å². The standard InChI is InChI=1S/C14H11F3N2O3/c1-7-3-8(10(5-18-7)13(20)21)9-4-12(14(15,16)17)19-6-11(9)22-2/h3-6H,1-2H3,(H,20,21). The van der Waals surface area contributed by atoms with Gasteiger partial charge in [-0.1, -0.05) is 0 Å². The maximum absolute atomic E-state index is 12.8. The number of alkyl halides is 3. The summed E-state index contributed by atoms with van der Waals surface area (Å²) >= 11 is 0. The van der Waals surface area contributed by atoms with Crippen LogP contribution in [0.5, 0.6) is 5.75 Å². The number of halogens is 3. The van der Waals surface area contributed by atoms with Crippen LogP contribution in [-0.2, 0) is 6.18 Å². The lowest BCUT2D eigenvalue weighted by Crippen LogP contribution is -2.09. The molecule has 0 aromatic carbocycles. The summed E-state index contributed by atoms with van der Waals surface area (Å²) in [5.41, 5.74) is -0.803. The molecule has 1 N–H and O–H groups in total. The number of aryl methyl sites for hydroxylation is 1. The zero-order chi connectivity index (χ0) is 16.5.